The van der Waals surface area contributed by atoms with Crippen molar-refractivity contribution in [1.82, 2.24) is 4.90 Å². The summed E-state index contributed by atoms with van der Waals surface area (Å²) >= 11 is 0. The minimum atomic E-state index is -0.248. The van der Waals surface area contributed by atoms with E-state index >= 15 is 0 Å². The van der Waals surface area contributed by atoms with Crippen molar-refractivity contribution in [3.63, 3.8) is 0 Å². The lowest BCUT2D eigenvalue weighted by Crippen LogP contribution is -2.36. The third-order valence-electron chi connectivity index (χ3n) is 5.54. The highest BCUT2D eigenvalue weighted by Gasteiger charge is 2.17. The number of fused-ring (bicyclic) bond motifs is 1. The Morgan fingerprint density at radius 3 is 2.59 bits per heavy atom. The molecule has 0 unspecified atom stereocenters. The van der Waals surface area contributed by atoms with Gasteiger partial charge in [0.2, 0.25) is 11.8 Å². The minimum absolute atomic E-state index is 0.0341. The van der Waals surface area contributed by atoms with Gasteiger partial charge in [0.1, 0.15) is 11.3 Å². The Labute approximate surface area is 186 Å². The van der Waals surface area contributed by atoms with Gasteiger partial charge in [-0.25, -0.2) is 0 Å². The summed E-state index contributed by atoms with van der Waals surface area (Å²) in [6.45, 7) is 3.13. The number of carbonyl (C=O) groups excluding carboxylic acids is 2. The maximum Gasteiger partial charge on any atom is 0.243 e. The van der Waals surface area contributed by atoms with Crippen LogP contribution in [0.4, 0.5) is 11.4 Å². The van der Waals surface area contributed by atoms with E-state index in [-0.39, 0.29) is 24.8 Å². The van der Waals surface area contributed by atoms with Crippen molar-refractivity contribution in [2.45, 2.75) is 6.42 Å². The highest BCUT2D eigenvalue weighted by atomic mass is 16.5. The van der Waals surface area contributed by atoms with Crippen LogP contribution in [0.1, 0.15) is 5.56 Å². The van der Waals surface area contributed by atoms with Crippen molar-refractivity contribution in [3.8, 4) is 5.75 Å². The Balaban J connectivity index is 1.30. The van der Waals surface area contributed by atoms with Crippen molar-refractivity contribution in [2.24, 2.45) is 0 Å². The summed E-state index contributed by atoms with van der Waals surface area (Å²) in [5, 5.41) is 3.71. The summed E-state index contributed by atoms with van der Waals surface area (Å²) in [6, 6.07) is 13.2. The van der Waals surface area contributed by atoms with E-state index in [0.29, 0.717) is 17.0 Å². The molecule has 0 bridgehead atoms. The van der Waals surface area contributed by atoms with Gasteiger partial charge in [-0.3, -0.25) is 9.59 Å². The zero-order valence-corrected chi connectivity index (χ0v) is 18.3. The number of furan rings is 1. The number of nitrogens with zero attached hydrogens (tertiary/aromatic N) is 2. The number of likely N-dealkylation sites (N-methyl/N-ethyl adjacent to an activating group) is 1. The largest absolute Gasteiger partial charge is 0.497 e. The smallest absolute Gasteiger partial charge is 0.243 e. The standard InChI is InChI=1S/C24H27N3O5/c1-26(24(29)13-17-16-32-22-14-20(30-2)7-8-21(17)22)15-23(28)25-18-3-5-19(6-4-18)27-9-11-31-12-10-27/h3-8,14,16H,9-13,15H2,1-2H3,(H,25,28). The van der Waals surface area contributed by atoms with Crippen LogP contribution >= 0.6 is 0 Å². The third-order valence-corrected chi connectivity index (χ3v) is 5.54. The fourth-order valence-corrected chi connectivity index (χ4v) is 3.71. The molecule has 4 rings (SSSR count). The predicted octanol–water partition coefficient (Wildman–Crippen LogP) is 2.92. The normalized spacial score (nSPS) is 13.8. The number of hydrogen-bond donors (Lipinski definition) is 1. The van der Waals surface area contributed by atoms with Gasteiger partial charge in [0.05, 0.1) is 39.6 Å². The Morgan fingerprint density at radius 1 is 1.12 bits per heavy atom. The highest BCUT2D eigenvalue weighted by molar-refractivity contribution is 5.95. The molecule has 0 aliphatic carbocycles. The van der Waals surface area contributed by atoms with Crippen molar-refractivity contribution >= 4 is 34.2 Å². The average Bonchev–Trinajstić information content (AvgIpc) is 3.21. The number of amides is 2. The summed E-state index contributed by atoms with van der Waals surface area (Å²) in [7, 11) is 3.21. The van der Waals surface area contributed by atoms with E-state index in [9.17, 15) is 9.59 Å². The molecule has 1 aromatic heterocycles. The molecule has 3 aromatic rings. The number of benzene rings is 2. The number of nitrogens with one attached hydrogen (secondary N) is 1. The molecule has 2 amide bonds. The van der Waals surface area contributed by atoms with Crippen LogP contribution < -0.4 is 15.0 Å². The second-order valence-electron chi connectivity index (χ2n) is 7.74. The molecule has 32 heavy (non-hydrogen) atoms. The lowest BCUT2D eigenvalue weighted by Gasteiger charge is -2.28. The van der Waals surface area contributed by atoms with E-state index in [1.807, 2.05) is 36.4 Å². The second kappa shape index (κ2) is 9.74. The molecule has 0 radical (unpaired) electrons. The summed E-state index contributed by atoms with van der Waals surface area (Å²) < 4.78 is 16.1. The van der Waals surface area contributed by atoms with Crippen LogP contribution in [-0.2, 0) is 20.7 Å². The summed E-state index contributed by atoms with van der Waals surface area (Å²) in [6.07, 6.45) is 1.73. The molecule has 168 valence electrons. The van der Waals surface area contributed by atoms with Crippen LogP contribution in [0.15, 0.2) is 53.1 Å². The van der Waals surface area contributed by atoms with Crippen molar-refractivity contribution in [1.29, 1.82) is 0 Å². The molecule has 1 aliphatic rings. The molecular formula is C24H27N3O5. The first kappa shape index (κ1) is 21.7. The zero-order chi connectivity index (χ0) is 22.5. The van der Waals surface area contributed by atoms with Gasteiger partial charge in [0, 0.05) is 48.5 Å². The number of methoxy groups -OCH3 is 1. The van der Waals surface area contributed by atoms with Gasteiger partial charge in [-0.15, -0.1) is 0 Å². The molecule has 1 N–H and O–H groups in total. The topological polar surface area (TPSA) is 84.2 Å². The Morgan fingerprint density at radius 2 is 1.88 bits per heavy atom. The maximum absolute atomic E-state index is 12.6. The van der Waals surface area contributed by atoms with E-state index in [1.54, 1.807) is 26.5 Å². The van der Waals surface area contributed by atoms with Gasteiger partial charge >= 0.3 is 0 Å². The molecule has 1 fully saturated rings. The van der Waals surface area contributed by atoms with E-state index < -0.39 is 0 Å². The average molecular weight is 437 g/mol. The van der Waals surface area contributed by atoms with Gasteiger partial charge in [-0.05, 0) is 36.4 Å². The van der Waals surface area contributed by atoms with Crippen LogP contribution in [0.5, 0.6) is 5.75 Å². The van der Waals surface area contributed by atoms with Crippen LogP contribution in [0.25, 0.3) is 11.0 Å². The van der Waals surface area contributed by atoms with Gasteiger partial charge < -0.3 is 29.0 Å². The molecule has 1 saturated heterocycles. The number of anilines is 2. The molecule has 0 saturated carbocycles. The molecular weight excluding hydrogens is 410 g/mol. The molecule has 1 aliphatic heterocycles. The Hall–Kier alpha value is -3.52. The van der Waals surface area contributed by atoms with Crippen molar-refractivity contribution in [3.05, 3.63) is 54.3 Å². The summed E-state index contributed by atoms with van der Waals surface area (Å²) in [5.41, 5.74) is 3.23. The number of hydrogen-bond acceptors (Lipinski definition) is 6. The summed E-state index contributed by atoms with van der Waals surface area (Å²) in [5.74, 6) is 0.277. The van der Waals surface area contributed by atoms with Crippen LogP contribution in [0, 0.1) is 0 Å². The maximum atomic E-state index is 12.6. The van der Waals surface area contributed by atoms with Gasteiger partial charge in [-0.2, -0.15) is 0 Å². The number of carbonyl (C=O) groups is 2. The molecule has 0 spiro atoms. The quantitative estimate of drug-likeness (QED) is 0.612. The van der Waals surface area contributed by atoms with E-state index in [4.69, 9.17) is 13.9 Å². The van der Waals surface area contributed by atoms with Crippen LogP contribution in [0.3, 0.4) is 0 Å². The molecule has 8 nitrogen and oxygen atoms in total. The first-order valence-electron chi connectivity index (χ1n) is 10.5. The van der Waals surface area contributed by atoms with Crippen molar-refractivity contribution in [2.75, 3.05) is 57.2 Å². The minimum Gasteiger partial charge on any atom is -0.497 e. The Kier molecular flexibility index (Phi) is 6.61. The predicted molar refractivity (Wildman–Crippen MR) is 122 cm³/mol. The second-order valence-corrected chi connectivity index (χ2v) is 7.74. The van der Waals surface area contributed by atoms with Gasteiger partial charge in [0.25, 0.3) is 0 Å². The van der Waals surface area contributed by atoms with E-state index in [1.165, 1.54) is 4.90 Å². The van der Waals surface area contributed by atoms with E-state index in [2.05, 4.69) is 10.2 Å². The number of rotatable bonds is 7. The first-order chi connectivity index (χ1) is 15.5. The van der Waals surface area contributed by atoms with Crippen LogP contribution in [-0.4, -0.2) is 63.7 Å². The highest BCUT2D eigenvalue weighted by Crippen LogP contribution is 2.26. The number of ether oxygens (including phenoxy) is 2. The fraction of sp³-hybridized carbons (Fsp3) is 0.333. The SMILES string of the molecule is COc1ccc2c(CC(=O)N(C)CC(=O)Nc3ccc(N4CCOCC4)cc3)coc2c1. The molecule has 8 heteroatoms. The monoisotopic (exact) mass is 437 g/mol. The number of morpholine rings is 1. The molecule has 0 atom stereocenters. The Bertz CT molecular complexity index is 1090. The van der Waals surface area contributed by atoms with Crippen molar-refractivity contribution < 1.29 is 23.5 Å². The molecule has 2 heterocycles. The fourth-order valence-electron chi connectivity index (χ4n) is 3.71. The first-order valence-corrected chi connectivity index (χ1v) is 10.5. The zero-order valence-electron chi connectivity index (χ0n) is 18.3. The van der Waals surface area contributed by atoms with E-state index in [0.717, 1.165) is 42.9 Å². The van der Waals surface area contributed by atoms with Gasteiger partial charge in [0.15, 0.2) is 0 Å². The third kappa shape index (κ3) is 5.03. The lowest BCUT2D eigenvalue weighted by molar-refractivity contribution is -0.132. The molecule has 2 aromatic carbocycles. The lowest BCUT2D eigenvalue weighted by atomic mass is 10.1. The summed E-state index contributed by atoms with van der Waals surface area (Å²) in [4.78, 5) is 28.7. The van der Waals surface area contributed by atoms with Gasteiger partial charge in [-0.1, -0.05) is 0 Å². The van der Waals surface area contributed by atoms with Crippen LogP contribution in [0.2, 0.25) is 0 Å².